The summed E-state index contributed by atoms with van der Waals surface area (Å²) in [6.45, 7) is 1.01. The van der Waals surface area contributed by atoms with Gasteiger partial charge in [-0.15, -0.1) is 0 Å². The summed E-state index contributed by atoms with van der Waals surface area (Å²) in [5.74, 6) is 0. The SMILES string of the molecule is OC1(c2ccncc2)CCN(CB(F)F)CC1. The molecule has 1 saturated heterocycles. The maximum absolute atomic E-state index is 12.2. The van der Waals surface area contributed by atoms with Crippen molar-refractivity contribution in [1.29, 1.82) is 0 Å². The van der Waals surface area contributed by atoms with E-state index in [4.69, 9.17) is 0 Å². The van der Waals surface area contributed by atoms with Crippen LogP contribution in [0.25, 0.3) is 0 Å². The molecular formula is C11H15BF2N2O. The average Bonchev–Trinajstić information content (AvgIpc) is 2.33. The molecule has 2 heterocycles. The summed E-state index contributed by atoms with van der Waals surface area (Å²) in [5, 5.41) is 10.5. The Morgan fingerprint density at radius 3 is 2.41 bits per heavy atom. The van der Waals surface area contributed by atoms with Gasteiger partial charge in [0.25, 0.3) is 0 Å². The minimum atomic E-state index is -2.30. The highest BCUT2D eigenvalue weighted by atomic mass is 19.2. The second-order valence-corrected chi connectivity index (χ2v) is 4.46. The van der Waals surface area contributed by atoms with Crippen molar-refractivity contribution >= 4 is 7.27 Å². The first-order valence-corrected chi connectivity index (χ1v) is 5.73. The van der Waals surface area contributed by atoms with Gasteiger partial charge >= 0.3 is 7.27 Å². The van der Waals surface area contributed by atoms with E-state index < -0.39 is 12.9 Å². The van der Waals surface area contributed by atoms with E-state index in [1.54, 1.807) is 29.4 Å². The predicted octanol–water partition coefficient (Wildman–Crippen LogP) is 1.33. The highest BCUT2D eigenvalue weighted by Gasteiger charge is 2.35. The number of hydrogen-bond acceptors (Lipinski definition) is 3. The lowest BCUT2D eigenvalue weighted by Crippen LogP contribution is -2.44. The van der Waals surface area contributed by atoms with Gasteiger partial charge in [-0.25, -0.2) is 0 Å². The quantitative estimate of drug-likeness (QED) is 0.809. The van der Waals surface area contributed by atoms with Gasteiger partial charge < -0.3 is 10.0 Å². The minimum absolute atomic E-state index is 0.202. The Morgan fingerprint density at radius 1 is 1.29 bits per heavy atom. The predicted molar refractivity (Wildman–Crippen MR) is 61.8 cm³/mol. The van der Waals surface area contributed by atoms with Crippen molar-refractivity contribution in [2.24, 2.45) is 0 Å². The van der Waals surface area contributed by atoms with Crippen molar-refractivity contribution < 1.29 is 13.7 Å². The van der Waals surface area contributed by atoms with Gasteiger partial charge in [0.1, 0.15) is 0 Å². The maximum atomic E-state index is 12.2. The summed E-state index contributed by atoms with van der Waals surface area (Å²) < 4.78 is 24.4. The summed E-state index contributed by atoms with van der Waals surface area (Å²) in [5.41, 5.74) is -0.0640. The smallest absolute Gasteiger partial charge is 0.385 e. The zero-order chi connectivity index (χ0) is 12.3. The molecule has 0 bridgehead atoms. The second kappa shape index (κ2) is 5.10. The van der Waals surface area contributed by atoms with E-state index in [0.29, 0.717) is 25.9 Å². The van der Waals surface area contributed by atoms with Gasteiger partial charge in [-0.05, 0) is 30.5 Å². The molecule has 92 valence electrons. The van der Waals surface area contributed by atoms with Crippen molar-refractivity contribution in [1.82, 2.24) is 9.88 Å². The normalized spacial score (nSPS) is 20.2. The molecule has 1 aromatic heterocycles. The molecule has 0 amide bonds. The highest BCUT2D eigenvalue weighted by Crippen LogP contribution is 2.32. The van der Waals surface area contributed by atoms with Crippen molar-refractivity contribution in [3.05, 3.63) is 30.1 Å². The molecule has 3 nitrogen and oxygen atoms in total. The van der Waals surface area contributed by atoms with Gasteiger partial charge in [-0.1, -0.05) is 0 Å². The Morgan fingerprint density at radius 2 is 1.88 bits per heavy atom. The first kappa shape index (κ1) is 12.5. The van der Waals surface area contributed by atoms with E-state index in [0.717, 1.165) is 5.56 Å². The van der Waals surface area contributed by atoms with Gasteiger partial charge in [0.2, 0.25) is 0 Å². The van der Waals surface area contributed by atoms with Crippen molar-refractivity contribution in [2.45, 2.75) is 18.4 Å². The van der Waals surface area contributed by atoms with Crippen LogP contribution in [0, 0.1) is 0 Å². The Kier molecular flexibility index (Phi) is 3.74. The molecule has 0 saturated carbocycles. The van der Waals surface area contributed by atoms with E-state index in [1.807, 2.05) is 0 Å². The second-order valence-electron chi connectivity index (χ2n) is 4.46. The molecule has 1 aromatic rings. The molecule has 1 fully saturated rings. The van der Waals surface area contributed by atoms with Crippen LogP contribution in [0.2, 0.25) is 0 Å². The fraction of sp³-hybridized carbons (Fsp3) is 0.545. The first-order chi connectivity index (χ1) is 8.10. The molecule has 17 heavy (non-hydrogen) atoms. The van der Waals surface area contributed by atoms with Crippen LogP contribution >= 0.6 is 0 Å². The van der Waals surface area contributed by atoms with Crippen LogP contribution in [0.15, 0.2) is 24.5 Å². The minimum Gasteiger partial charge on any atom is -0.385 e. The van der Waals surface area contributed by atoms with Gasteiger partial charge in [-0.3, -0.25) is 13.6 Å². The molecule has 0 atom stereocenters. The molecular weight excluding hydrogens is 225 g/mol. The maximum Gasteiger partial charge on any atom is 0.551 e. The highest BCUT2D eigenvalue weighted by molar-refractivity contribution is 6.42. The number of hydrogen-bond donors (Lipinski definition) is 1. The summed E-state index contributed by atoms with van der Waals surface area (Å²) in [6, 6.07) is 3.56. The Balaban J connectivity index is 1.98. The number of pyridine rings is 1. The van der Waals surface area contributed by atoms with Crippen LogP contribution in [-0.4, -0.2) is 41.8 Å². The lowest BCUT2D eigenvalue weighted by molar-refractivity contribution is -0.0229. The van der Waals surface area contributed by atoms with Crippen molar-refractivity contribution in [3.8, 4) is 0 Å². The molecule has 0 aliphatic carbocycles. The molecule has 1 N–H and O–H groups in total. The van der Waals surface area contributed by atoms with Crippen LogP contribution in [0.3, 0.4) is 0 Å². The van der Waals surface area contributed by atoms with Gasteiger partial charge in [-0.2, -0.15) is 0 Å². The van der Waals surface area contributed by atoms with Crippen LogP contribution < -0.4 is 0 Å². The summed E-state index contributed by atoms with van der Waals surface area (Å²) in [4.78, 5) is 5.60. The van der Waals surface area contributed by atoms with Crippen molar-refractivity contribution in [3.63, 3.8) is 0 Å². The number of nitrogens with zero attached hydrogens (tertiary/aromatic N) is 2. The summed E-state index contributed by atoms with van der Waals surface area (Å²) >= 11 is 0. The average molecular weight is 240 g/mol. The zero-order valence-corrected chi connectivity index (χ0v) is 9.52. The number of piperidine rings is 1. The van der Waals surface area contributed by atoms with Crippen LogP contribution in [0.4, 0.5) is 8.63 Å². The molecule has 6 heteroatoms. The third kappa shape index (κ3) is 3.01. The number of halogens is 2. The first-order valence-electron chi connectivity index (χ1n) is 5.73. The molecule has 0 spiro atoms. The molecule has 1 aliphatic heterocycles. The lowest BCUT2D eigenvalue weighted by atomic mass is 9.84. The van der Waals surface area contributed by atoms with Crippen LogP contribution in [0.1, 0.15) is 18.4 Å². The molecule has 0 aromatic carbocycles. The van der Waals surface area contributed by atoms with E-state index in [-0.39, 0.29) is 6.44 Å². The topological polar surface area (TPSA) is 36.4 Å². The van der Waals surface area contributed by atoms with Gasteiger partial charge in [0.05, 0.1) is 5.60 Å². The zero-order valence-electron chi connectivity index (χ0n) is 9.52. The van der Waals surface area contributed by atoms with E-state index >= 15 is 0 Å². The van der Waals surface area contributed by atoms with E-state index in [9.17, 15) is 13.7 Å². The number of likely N-dealkylation sites (tertiary alicyclic amines) is 1. The van der Waals surface area contributed by atoms with Gasteiger partial charge in [0, 0.05) is 31.9 Å². The fourth-order valence-corrected chi connectivity index (χ4v) is 2.25. The molecule has 0 radical (unpaired) electrons. The fourth-order valence-electron chi connectivity index (χ4n) is 2.25. The van der Waals surface area contributed by atoms with E-state index in [2.05, 4.69) is 4.98 Å². The number of aromatic nitrogens is 1. The molecule has 2 rings (SSSR count). The standard InChI is InChI=1S/C11H15BF2N2O/c13-12(14)9-16-7-3-11(17,4-8-16)10-1-5-15-6-2-10/h1-2,5-6,17H,3-4,7-9H2. The third-order valence-corrected chi connectivity index (χ3v) is 3.30. The molecule has 1 aliphatic rings. The Labute approximate surface area is 99.6 Å². The summed E-state index contributed by atoms with van der Waals surface area (Å²) in [6.07, 6.45) is 4.05. The van der Waals surface area contributed by atoms with Gasteiger partial charge in [0.15, 0.2) is 0 Å². The number of aliphatic hydroxyl groups is 1. The lowest BCUT2D eigenvalue weighted by Gasteiger charge is -2.38. The monoisotopic (exact) mass is 240 g/mol. The number of rotatable bonds is 3. The van der Waals surface area contributed by atoms with Crippen molar-refractivity contribution in [2.75, 3.05) is 19.5 Å². The van der Waals surface area contributed by atoms with Crippen LogP contribution in [-0.2, 0) is 5.60 Å². The molecule has 0 unspecified atom stereocenters. The Hall–Kier alpha value is -1.01. The van der Waals surface area contributed by atoms with Crippen LogP contribution in [0.5, 0.6) is 0 Å². The summed E-state index contributed by atoms with van der Waals surface area (Å²) in [7, 11) is -2.30. The third-order valence-electron chi connectivity index (χ3n) is 3.30. The Bertz CT molecular complexity index is 356. The largest absolute Gasteiger partial charge is 0.551 e. The van der Waals surface area contributed by atoms with E-state index in [1.165, 1.54) is 0 Å².